The number of aliphatic hydroxyl groups is 1. The van der Waals surface area contributed by atoms with Crippen LogP contribution in [0.15, 0.2) is 54.6 Å². The molecular formula is C23H28FN3O3. The van der Waals surface area contributed by atoms with Crippen LogP contribution in [0.3, 0.4) is 0 Å². The number of nitrogens with zero attached hydrogens (tertiary/aromatic N) is 1. The Kier molecular flexibility index (Phi) is 6.41. The van der Waals surface area contributed by atoms with E-state index in [-0.39, 0.29) is 17.6 Å². The van der Waals surface area contributed by atoms with E-state index in [4.69, 9.17) is 0 Å². The summed E-state index contributed by atoms with van der Waals surface area (Å²) in [5.74, 6) is -0.873. The highest BCUT2D eigenvalue weighted by Gasteiger charge is 2.47. The number of likely N-dealkylation sites (tertiary alicyclic amines) is 1. The highest BCUT2D eigenvalue weighted by atomic mass is 19.1. The van der Waals surface area contributed by atoms with Crippen molar-refractivity contribution in [3.63, 3.8) is 0 Å². The molecule has 0 saturated carbocycles. The van der Waals surface area contributed by atoms with Gasteiger partial charge in [-0.15, -0.1) is 0 Å². The normalized spacial score (nSPS) is 23.9. The molecule has 30 heavy (non-hydrogen) atoms. The van der Waals surface area contributed by atoms with Crippen molar-refractivity contribution < 1.29 is 19.1 Å². The Hall–Kier alpha value is -2.93. The molecule has 0 spiro atoms. The average Bonchev–Trinajstić information content (AvgIpc) is 2.69. The molecule has 0 aliphatic carbocycles. The molecule has 1 aliphatic heterocycles. The SMILES string of the molecule is CC(C)NC(=O)N1CC[C@@](C)(O)[C@@H](NC(=O)c2ccc(F)cc2)[C@@H]1c1ccccc1. The Morgan fingerprint density at radius 1 is 1.13 bits per heavy atom. The highest BCUT2D eigenvalue weighted by Crippen LogP contribution is 2.37. The zero-order valence-electron chi connectivity index (χ0n) is 17.4. The predicted octanol–water partition coefficient (Wildman–Crippen LogP) is 3.24. The summed E-state index contributed by atoms with van der Waals surface area (Å²) in [5, 5.41) is 17.0. The van der Waals surface area contributed by atoms with Crippen LogP contribution < -0.4 is 10.6 Å². The third kappa shape index (κ3) is 4.79. The van der Waals surface area contributed by atoms with Crippen LogP contribution in [0.4, 0.5) is 9.18 Å². The molecule has 7 heteroatoms. The largest absolute Gasteiger partial charge is 0.388 e. The second-order valence-corrected chi connectivity index (χ2v) is 8.22. The number of amides is 3. The minimum Gasteiger partial charge on any atom is -0.388 e. The summed E-state index contributed by atoms with van der Waals surface area (Å²) in [5.41, 5.74) is -0.159. The number of benzene rings is 2. The molecule has 1 aliphatic rings. The summed E-state index contributed by atoms with van der Waals surface area (Å²) in [7, 11) is 0. The monoisotopic (exact) mass is 413 g/mol. The lowest BCUT2D eigenvalue weighted by molar-refractivity contribution is -0.0512. The molecule has 3 amide bonds. The first kappa shape index (κ1) is 21.8. The number of piperidine rings is 1. The minimum atomic E-state index is -1.25. The average molecular weight is 413 g/mol. The quantitative estimate of drug-likeness (QED) is 0.720. The van der Waals surface area contributed by atoms with Gasteiger partial charge in [-0.1, -0.05) is 30.3 Å². The number of halogens is 1. The lowest BCUT2D eigenvalue weighted by Crippen LogP contribution is -2.64. The maximum Gasteiger partial charge on any atom is 0.318 e. The number of hydrogen-bond acceptors (Lipinski definition) is 3. The van der Waals surface area contributed by atoms with Gasteiger partial charge >= 0.3 is 6.03 Å². The molecule has 1 saturated heterocycles. The third-order valence-corrected chi connectivity index (χ3v) is 5.39. The Morgan fingerprint density at radius 2 is 1.77 bits per heavy atom. The maximum absolute atomic E-state index is 13.2. The van der Waals surface area contributed by atoms with Gasteiger partial charge in [-0.3, -0.25) is 4.79 Å². The zero-order chi connectivity index (χ0) is 21.9. The lowest BCUT2D eigenvalue weighted by atomic mass is 9.79. The van der Waals surface area contributed by atoms with Crippen molar-refractivity contribution >= 4 is 11.9 Å². The number of rotatable bonds is 4. The van der Waals surface area contributed by atoms with Gasteiger partial charge in [0.1, 0.15) is 5.82 Å². The van der Waals surface area contributed by atoms with Gasteiger partial charge in [0.15, 0.2) is 0 Å². The molecule has 0 aromatic heterocycles. The second kappa shape index (κ2) is 8.83. The van der Waals surface area contributed by atoms with E-state index in [2.05, 4.69) is 10.6 Å². The van der Waals surface area contributed by atoms with Crippen molar-refractivity contribution in [1.29, 1.82) is 0 Å². The number of nitrogens with one attached hydrogen (secondary N) is 2. The standard InChI is InChI=1S/C23H28FN3O3/c1-15(2)25-22(29)27-14-13-23(3,30)20(19(27)16-7-5-4-6-8-16)26-21(28)17-9-11-18(24)12-10-17/h4-12,15,19-20,30H,13-14H2,1-3H3,(H,25,29)(H,26,28)/t19-,20-,23+/m0/s1. The number of urea groups is 1. The van der Waals surface area contributed by atoms with Crippen LogP contribution >= 0.6 is 0 Å². The lowest BCUT2D eigenvalue weighted by Gasteiger charge is -2.49. The van der Waals surface area contributed by atoms with Gasteiger partial charge in [-0.05, 0) is 57.0 Å². The van der Waals surface area contributed by atoms with E-state index in [9.17, 15) is 19.1 Å². The van der Waals surface area contributed by atoms with E-state index in [0.29, 0.717) is 13.0 Å². The summed E-state index contributed by atoms with van der Waals surface area (Å²) in [6.45, 7) is 5.76. The van der Waals surface area contributed by atoms with Crippen molar-refractivity contribution in [1.82, 2.24) is 15.5 Å². The third-order valence-electron chi connectivity index (χ3n) is 5.39. The molecule has 0 radical (unpaired) electrons. The molecular weight excluding hydrogens is 385 g/mol. The van der Waals surface area contributed by atoms with Crippen molar-refractivity contribution in [2.45, 2.75) is 50.9 Å². The fourth-order valence-corrected chi connectivity index (χ4v) is 3.80. The van der Waals surface area contributed by atoms with Crippen LogP contribution in [0.1, 0.15) is 49.2 Å². The maximum atomic E-state index is 13.2. The zero-order valence-corrected chi connectivity index (χ0v) is 17.4. The molecule has 1 fully saturated rings. The molecule has 2 aromatic carbocycles. The summed E-state index contributed by atoms with van der Waals surface area (Å²) in [6.07, 6.45) is 0.302. The van der Waals surface area contributed by atoms with Gasteiger partial charge < -0.3 is 20.6 Å². The van der Waals surface area contributed by atoms with E-state index in [1.807, 2.05) is 44.2 Å². The van der Waals surface area contributed by atoms with Crippen molar-refractivity contribution in [3.8, 4) is 0 Å². The molecule has 6 nitrogen and oxygen atoms in total. The van der Waals surface area contributed by atoms with Crippen LogP contribution in [0.2, 0.25) is 0 Å². The molecule has 0 bridgehead atoms. The van der Waals surface area contributed by atoms with Crippen molar-refractivity contribution in [2.75, 3.05) is 6.54 Å². The fourth-order valence-electron chi connectivity index (χ4n) is 3.80. The van der Waals surface area contributed by atoms with Crippen LogP contribution in [0.5, 0.6) is 0 Å². The van der Waals surface area contributed by atoms with Gasteiger partial charge in [-0.25, -0.2) is 9.18 Å². The predicted molar refractivity (Wildman–Crippen MR) is 112 cm³/mol. The van der Waals surface area contributed by atoms with Gasteiger partial charge in [0.05, 0.1) is 17.7 Å². The van der Waals surface area contributed by atoms with Gasteiger partial charge in [-0.2, -0.15) is 0 Å². The first-order valence-corrected chi connectivity index (χ1v) is 10.1. The number of hydrogen-bond donors (Lipinski definition) is 3. The minimum absolute atomic E-state index is 0.0522. The molecule has 0 unspecified atom stereocenters. The molecule has 3 atom stereocenters. The van der Waals surface area contributed by atoms with Crippen molar-refractivity contribution in [3.05, 3.63) is 71.5 Å². The smallest absolute Gasteiger partial charge is 0.318 e. The number of carbonyl (C=O) groups excluding carboxylic acids is 2. The first-order valence-electron chi connectivity index (χ1n) is 10.1. The Morgan fingerprint density at radius 3 is 2.37 bits per heavy atom. The Labute approximate surface area is 176 Å². The van der Waals surface area contributed by atoms with Crippen LogP contribution in [0.25, 0.3) is 0 Å². The first-order chi connectivity index (χ1) is 14.2. The van der Waals surface area contributed by atoms with E-state index in [1.54, 1.807) is 11.8 Å². The summed E-state index contributed by atoms with van der Waals surface area (Å²) in [6, 6.07) is 12.9. The molecule has 2 aromatic rings. The van der Waals surface area contributed by atoms with Crippen LogP contribution in [-0.2, 0) is 0 Å². The topological polar surface area (TPSA) is 81.7 Å². The Balaban J connectivity index is 1.97. The Bertz CT molecular complexity index is 884. The van der Waals surface area contributed by atoms with E-state index in [1.165, 1.54) is 24.3 Å². The molecule has 160 valence electrons. The summed E-state index contributed by atoms with van der Waals surface area (Å²) in [4.78, 5) is 27.5. The van der Waals surface area contributed by atoms with Crippen LogP contribution in [-0.4, -0.2) is 46.2 Å². The number of carbonyl (C=O) groups is 2. The van der Waals surface area contributed by atoms with Gasteiger partial charge in [0.2, 0.25) is 0 Å². The van der Waals surface area contributed by atoms with Crippen molar-refractivity contribution in [2.24, 2.45) is 0 Å². The van der Waals surface area contributed by atoms with E-state index >= 15 is 0 Å². The van der Waals surface area contributed by atoms with Gasteiger partial charge in [0.25, 0.3) is 5.91 Å². The second-order valence-electron chi connectivity index (χ2n) is 8.22. The molecule has 1 heterocycles. The summed E-state index contributed by atoms with van der Waals surface area (Å²) < 4.78 is 13.2. The highest BCUT2D eigenvalue weighted by molar-refractivity contribution is 5.94. The van der Waals surface area contributed by atoms with E-state index < -0.39 is 29.4 Å². The van der Waals surface area contributed by atoms with E-state index in [0.717, 1.165) is 5.56 Å². The van der Waals surface area contributed by atoms with Gasteiger partial charge in [0, 0.05) is 18.2 Å². The molecule has 3 N–H and O–H groups in total. The molecule has 3 rings (SSSR count). The summed E-state index contributed by atoms with van der Waals surface area (Å²) >= 11 is 0. The van der Waals surface area contributed by atoms with Crippen LogP contribution in [0, 0.1) is 5.82 Å². The fraction of sp³-hybridized carbons (Fsp3) is 0.391.